The van der Waals surface area contributed by atoms with Gasteiger partial charge in [0, 0.05) is 33.3 Å². The first kappa shape index (κ1) is 24.4. The molecule has 0 bridgehead atoms. The number of nitrogens with one attached hydrogen (secondary N) is 1. The fourth-order valence-electron chi connectivity index (χ4n) is 3.15. The van der Waals surface area contributed by atoms with Crippen molar-refractivity contribution < 1.29 is 13.2 Å². The number of rotatable bonds is 7. The highest BCUT2D eigenvalue weighted by molar-refractivity contribution is 7.89. The van der Waals surface area contributed by atoms with Crippen LogP contribution in [0.1, 0.15) is 41.3 Å². The van der Waals surface area contributed by atoms with Crippen LogP contribution in [0.15, 0.2) is 26.6 Å². The maximum Gasteiger partial charge on any atom is 0.330 e. The number of carbonyl (C=O) groups excluding carboxylic acids is 1. The molecule has 11 heteroatoms. The van der Waals surface area contributed by atoms with Gasteiger partial charge in [-0.3, -0.25) is 19.1 Å². The maximum atomic E-state index is 13.2. The van der Waals surface area contributed by atoms with Crippen molar-refractivity contribution in [1.29, 1.82) is 0 Å². The molecule has 1 aromatic heterocycles. The van der Waals surface area contributed by atoms with E-state index in [1.165, 1.54) is 31.8 Å². The second-order valence-electron chi connectivity index (χ2n) is 7.57. The van der Waals surface area contributed by atoms with Crippen molar-refractivity contribution in [3.63, 3.8) is 0 Å². The molecule has 170 valence electrons. The predicted octanol–water partition coefficient (Wildman–Crippen LogP) is 1.06. The number of nitrogens with zero attached hydrogens (tertiary/aromatic N) is 3. The average Bonchev–Trinajstić information content (AvgIpc) is 2.68. The van der Waals surface area contributed by atoms with Crippen molar-refractivity contribution >= 4 is 27.4 Å². The Hall–Kier alpha value is -2.92. The largest absolute Gasteiger partial charge is 0.383 e. The van der Waals surface area contributed by atoms with Gasteiger partial charge in [0.1, 0.15) is 5.82 Å². The average molecular weight is 452 g/mol. The van der Waals surface area contributed by atoms with Crippen molar-refractivity contribution in [2.24, 2.45) is 0 Å². The summed E-state index contributed by atoms with van der Waals surface area (Å²) in [5.74, 6) is -0.751. The Labute approximate surface area is 181 Å². The molecule has 10 nitrogen and oxygen atoms in total. The molecule has 1 amide bonds. The van der Waals surface area contributed by atoms with E-state index in [9.17, 15) is 22.8 Å². The van der Waals surface area contributed by atoms with Crippen molar-refractivity contribution in [3.05, 3.63) is 49.7 Å². The number of aromatic amines is 1. The van der Waals surface area contributed by atoms with Crippen LogP contribution in [-0.2, 0) is 16.6 Å². The molecular formula is C20H29N5O5S. The van der Waals surface area contributed by atoms with E-state index >= 15 is 0 Å². The van der Waals surface area contributed by atoms with Crippen molar-refractivity contribution in [2.45, 2.75) is 45.1 Å². The number of aryl methyl sites for hydroxylation is 1. The molecule has 0 unspecified atom stereocenters. The molecule has 0 saturated carbocycles. The van der Waals surface area contributed by atoms with Gasteiger partial charge in [-0.2, -0.15) is 0 Å². The second kappa shape index (κ2) is 9.06. The Kier molecular flexibility index (Phi) is 7.12. The zero-order chi connectivity index (χ0) is 23.7. The monoisotopic (exact) mass is 451 g/mol. The third-order valence-corrected chi connectivity index (χ3v) is 7.16. The number of hydrogen-bond donors (Lipinski definition) is 2. The smallest absolute Gasteiger partial charge is 0.330 e. The van der Waals surface area contributed by atoms with Gasteiger partial charge in [0.05, 0.1) is 4.90 Å². The van der Waals surface area contributed by atoms with Gasteiger partial charge in [-0.1, -0.05) is 13.3 Å². The van der Waals surface area contributed by atoms with E-state index < -0.39 is 27.2 Å². The lowest BCUT2D eigenvalue weighted by Gasteiger charge is -2.22. The Morgan fingerprint density at radius 2 is 1.77 bits per heavy atom. The van der Waals surface area contributed by atoms with Crippen molar-refractivity contribution in [1.82, 2.24) is 13.9 Å². The Balaban J connectivity index is 2.63. The van der Waals surface area contributed by atoms with Gasteiger partial charge in [-0.25, -0.2) is 17.5 Å². The van der Waals surface area contributed by atoms with E-state index in [1.54, 1.807) is 19.9 Å². The third kappa shape index (κ3) is 4.57. The fourth-order valence-corrected chi connectivity index (χ4v) is 4.37. The van der Waals surface area contributed by atoms with Gasteiger partial charge in [0.25, 0.3) is 11.5 Å². The summed E-state index contributed by atoms with van der Waals surface area (Å²) < 4.78 is 27.7. The van der Waals surface area contributed by atoms with E-state index in [1.807, 2.05) is 6.92 Å². The summed E-state index contributed by atoms with van der Waals surface area (Å²) in [6.45, 7) is 5.60. The van der Waals surface area contributed by atoms with Crippen molar-refractivity contribution in [3.8, 4) is 0 Å². The number of carbonyl (C=O) groups is 1. The number of anilines is 2. The molecule has 2 rings (SSSR count). The molecule has 0 saturated heterocycles. The Bertz CT molecular complexity index is 1230. The molecule has 0 aliphatic rings. The molecule has 31 heavy (non-hydrogen) atoms. The molecule has 2 aromatic rings. The summed E-state index contributed by atoms with van der Waals surface area (Å²) in [6.07, 6.45) is 1.47. The number of hydrogen-bond acceptors (Lipinski definition) is 6. The molecule has 1 heterocycles. The van der Waals surface area contributed by atoms with Crippen molar-refractivity contribution in [2.75, 3.05) is 31.8 Å². The van der Waals surface area contributed by atoms with Gasteiger partial charge in [0.15, 0.2) is 5.69 Å². The van der Waals surface area contributed by atoms with Crippen LogP contribution >= 0.6 is 0 Å². The quantitative estimate of drug-likeness (QED) is 0.645. The number of unbranched alkanes of at least 4 members (excludes halogenated alkanes) is 1. The lowest BCUT2D eigenvalue weighted by atomic mass is 10.1. The summed E-state index contributed by atoms with van der Waals surface area (Å²) in [5.41, 5.74) is 5.68. The molecule has 0 aliphatic carbocycles. The zero-order valence-electron chi connectivity index (χ0n) is 18.6. The van der Waals surface area contributed by atoms with Gasteiger partial charge < -0.3 is 10.6 Å². The Morgan fingerprint density at radius 3 is 2.32 bits per heavy atom. The molecule has 0 aliphatic heterocycles. The minimum atomic E-state index is -3.79. The van der Waals surface area contributed by atoms with Gasteiger partial charge in [-0.15, -0.1) is 0 Å². The molecule has 1 aromatic carbocycles. The topological polar surface area (TPSA) is 139 Å². The number of sulfonamides is 1. The molecule has 0 spiro atoms. The number of aromatic nitrogens is 2. The highest BCUT2D eigenvalue weighted by Crippen LogP contribution is 2.25. The number of nitrogens with two attached hydrogens (primary N) is 1. The van der Waals surface area contributed by atoms with Crippen LogP contribution in [0.2, 0.25) is 0 Å². The van der Waals surface area contributed by atoms with E-state index in [2.05, 4.69) is 4.98 Å². The first-order valence-electron chi connectivity index (χ1n) is 9.79. The lowest BCUT2D eigenvalue weighted by molar-refractivity contribution is 0.0992. The van der Waals surface area contributed by atoms with E-state index in [0.717, 1.165) is 15.6 Å². The predicted molar refractivity (Wildman–Crippen MR) is 120 cm³/mol. The maximum absolute atomic E-state index is 13.2. The minimum absolute atomic E-state index is 0.00375. The van der Waals surface area contributed by atoms with Crippen LogP contribution < -0.4 is 21.9 Å². The molecular weight excluding hydrogens is 422 g/mol. The van der Waals surface area contributed by atoms with Crippen LogP contribution in [0, 0.1) is 13.8 Å². The zero-order valence-corrected chi connectivity index (χ0v) is 19.5. The molecule has 0 radical (unpaired) electrons. The summed E-state index contributed by atoms with van der Waals surface area (Å²) in [6, 6.07) is 2.84. The number of benzene rings is 1. The first-order chi connectivity index (χ1) is 14.3. The number of amides is 1. The van der Waals surface area contributed by atoms with E-state index in [0.29, 0.717) is 24.1 Å². The summed E-state index contributed by atoms with van der Waals surface area (Å²) >= 11 is 0. The van der Waals surface area contributed by atoms with Crippen LogP contribution in [0.25, 0.3) is 0 Å². The number of H-pyrrole nitrogens is 1. The summed E-state index contributed by atoms with van der Waals surface area (Å²) in [4.78, 5) is 41.0. The highest BCUT2D eigenvalue weighted by Gasteiger charge is 2.26. The van der Waals surface area contributed by atoms with Crippen LogP contribution in [0.5, 0.6) is 0 Å². The van der Waals surface area contributed by atoms with E-state index in [-0.39, 0.29) is 22.0 Å². The second-order valence-corrected chi connectivity index (χ2v) is 9.69. The summed E-state index contributed by atoms with van der Waals surface area (Å²) in [7, 11) is 0.378. The highest BCUT2D eigenvalue weighted by atomic mass is 32.2. The molecule has 3 N–H and O–H groups in total. The van der Waals surface area contributed by atoms with Crippen LogP contribution in [0.3, 0.4) is 0 Å². The third-order valence-electron chi connectivity index (χ3n) is 5.21. The molecule has 0 fully saturated rings. The molecule has 0 atom stereocenters. The first-order valence-corrected chi connectivity index (χ1v) is 11.2. The SMILES string of the molecule is CCCCn1c(N)c(N(C)C(=O)c2cc(C)c(C)c(S(=O)(=O)N(C)C)c2)c(=O)[nH]c1=O. The summed E-state index contributed by atoms with van der Waals surface area (Å²) in [5, 5.41) is 0. The standard InChI is InChI=1S/C20H29N5O5S/c1-7-8-9-25-17(21)16(18(26)22-20(25)28)24(6)19(27)14-10-12(2)13(3)15(11-14)31(29,30)23(4)5/h10-11H,7-9,21H2,1-6H3,(H,22,26,28). The lowest BCUT2D eigenvalue weighted by Crippen LogP contribution is -2.39. The van der Waals surface area contributed by atoms with Crippen LogP contribution in [-0.4, -0.2) is 49.3 Å². The Morgan fingerprint density at radius 1 is 1.16 bits per heavy atom. The van der Waals surface area contributed by atoms with Gasteiger partial charge >= 0.3 is 5.69 Å². The van der Waals surface area contributed by atoms with E-state index in [4.69, 9.17) is 5.73 Å². The van der Waals surface area contributed by atoms with Gasteiger partial charge in [-0.05, 0) is 43.5 Å². The fraction of sp³-hybridized carbons (Fsp3) is 0.450. The van der Waals surface area contributed by atoms with Gasteiger partial charge in [0.2, 0.25) is 10.0 Å². The normalized spacial score (nSPS) is 11.7. The van der Waals surface area contributed by atoms with Crippen LogP contribution in [0.4, 0.5) is 11.5 Å². The number of nitrogen functional groups attached to an aromatic ring is 1. The minimum Gasteiger partial charge on any atom is -0.383 e.